The zero-order valence-electron chi connectivity index (χ0n) is 14.8. The fourth-order valence-electron chi connectivity index (χ4n) is 2.50. The van der Waals surface area contributed by atoms with Crippen LogP contribution in [0.25, 0.3) is 0 Å². The van der Waals surface area contributed by atoms with E-state index in [4.69, 9.17) is 10.5 Å². The number of morpholine rings is 1. The van der Waals surface area contributed by atoms with Crippen LogP contribution < -0.4 is 21.5 Å². The maximum atomic E-state index is 12.1. The number of hydrogen-bond donors (Lipinski definition) is 2. The van der Waals surface area contributed by atoms with Crippen molar-refractivity contribution in [3.63, 3.8) is 0 Å². The van der Waals surface area contributed by atoms with Crippen LogP contribution >= 0.6 is 0 Å². The molecule has 1 saturated heterocycles. The second-order valence-corrected chi connectivity index (χ2v) is 5.92. The highest BCUT2D eigenvalue weighted by Gasteiger charge is 2.34. The average Bonchev–Trinajstić information content (AvgIpc) is 2.65. The van der Waals surface area contributed by atoms with Crippen LogP contribution in [0.3, 0.4) is 0 Å². The minimum atomic E-state index is -4.41. The average molecular weight is 386 g/mol. The third kappa shape index (κ3) is 5.61. The smallest absolute Gasteiger partial charge is 0.386 e. The first-order chi connectivity index (χ1) is 12.7. The Bertz CT molecular complexity index is 793. The highest BCUT2D eigenvalue weighted by molar-refractivity contribution is 5.95. The molecule has 0 aromatic carbocycles. The van der Waals surface area contributed by atoms with Crippen molar-refractivity contribution in [1.82, 2.24) is 9.88 Å². The number of hydrogen-bond acceptors (Lipinski definition) is 5. The number of pyridine rings is 1. The van der Waals surface area contributed by atoms with Gasteiger partial charge in [-0.15, -0.1) is 0 Å². The molecule has 0 bridgehead atoms. The Hall–Kier alpha value is -2.75. The molecular formula is C17H21F3N4O3. The van der Waals surface area contributed by atoms with Crippen molar-refractivity contribution in [2.75, 3.05) is 37.7 Å². The molecule has 10 heteroatoms. The standard InChI is InChI=1S/C10H14N2O2.C7H7F3N2O/c1-11-4-2-3-9(10(11)13)12-5-7-14-8-6-12;8-7(9,10)5-1-4(6(11)13)2-12-3-5/h2-4H,5-8H2,1H3;1-2,12H,3H2,(H2,11,13). The summed E-state index contributed by atoms with van der Waals surface area (Å²) in [4.78, 5) is 24.4. The summed E-state index contributed by atoms with van der Waals surface area (Å²) < 4.78 is 43.1. The van der Waals surface area contributed by atoms with E-state index < -0.39 is 17.7 Å². The molecule has 0 unspecified atom stereocenters. The normalized spacial score (nSPS) is 17.1. The molecule has 0 atom stereocenters. The Kier molecular flexibility index (Phi) is 6.67. The molecule has 1 fully saturated rings. The lowest BCUT2D eigenvalue weighted by Gasteiger charge is -2.28. The van der Waals surface area contributed by atoms with Crippen LogP contribution in [-0.4, -0.2) is 49.5 Å². The number of nitrogens with two attached hydrogens (primary N) is 1. The lowest BCUT2D eigenvalue weighted by Crippen LogP contribution is -2.40. The van der Waals surface area contributed by atoms with Crippen LogP contribution in [0.4, 0.5) is 18.9 Å². The molecule has 0 aliphatic carbocycles. The van der Waals surface area contributed by atoms with Gasteiger partial charge >= 0.3 is 6.18 Å². The van der Waals surface area contributed by atoms with Gasteiger partial charge in [0.2, 0.25) is 5.91 Å². The number of carbonyl (C=O) groups excluding carboxylic acids is 1. The maximum absolute atomic E-state index is 12.1. The van der Waals surface area contributed by atoms with Crippen LogP contribution in [0, 0.1) is 0 Å². The number of primary amides is 1. The first-order valence-electron chi connectivity index (χ1n) is 8.19. The quantitative estimate of drug-likeness (QED) is 0.780. The van der Waals surface area contributed by atoms with Gasteiger partial charge in [-0.1, -0.05) is 0 Å². The Morgan fingerprint density at radius 1 is 1.30 bits per heavy atom. The van der Waals surface area contributed by atoms with Gasteiger partial charge in [-0.3, -0.25) is 9.59 Å². The van der Waals surface area contributed by atoms with Gasteiger partial charge in [0.05, 0.1) is 24.4 Å². The molecule has 2 aliphatic rings. The van der Waals surface area contributed by atoms with Crippen molar-refractivity contribution in [3.8, 4) is 0 Å². The Balaban J connectivity index is 0.000000194. The molecule has 1 aromatic rings. The lowest BCUT2D eigenvalue weighted by molar-refractivity contribution is -0.114. The molecule has 7 nitrogen and oxygen atoms in total. The van der Waals surface area contributed by atoms with Crippen molar-refractivity contribution >= 4 is 11.6 Å². The third-order valence-corrected chi connectivity index (χ3v) is 3.98. The van der Waals surface area contributed by atoms with E-state index in [0.29, 0.717) is 13.2 Å². The molecule has 1 amide bonds. The molecule has 3 rings (SSSR count). The molecule has 0 radical (unpaired) electrons. The highest BCUT2D eigenvalue weighted by Crippen LogP contribution is 2.27. The van der Waals surface area contributed by atoms with Gasteiger partial charge in [0.25, 0.3) is 5.56 Å². The number of anilines is 1. The highest BCUT2D eigenvalue weighted by atomic mass is 19.4. The lowest BCUT2D eigenvalue weighted by atomic mass is 10.1. The number of carbonyl (C=O) groups is 1. The van der Waals surface area contributed by atoms with Crippen molar-refractivity contribution in [2.45, 2.75) is 6.18 Å². The molecule has 2 aliphatic heterocycles. The van der Waals surface area contributed by atoms with Crippen molar-refractivity contribution in [1.29, 1.82) is 0 Å². The number of dihydropyridines is 1. The van der Waals surface area contributed by atoms with Crippen LogP contribution in [0.5, 0.6) is 0 Å². The number of nitrogens with one attached hydrogen (secondary N) is 1. The van der Waals surface area contributed by atoms with Gasteiger partial charge in [-0.05, 0) is 18.2 Å². The first-order valence-corrected chi connectivity index (χ1v) is 8.19. The number of nitrogens with zero attached hydrogens (tertiary/aromatic N) is 2. The number of rotatable bonds is 2. The summed E-state index contributed by atoms with van der Waals surface area (Å²) in [5.74, 6) is -0.881. The number of halogens is 3. The van der Waals surface area contributed by atoms with Gasteiger partial charge in [-0.2, -0.15) is 13.2 Å². The summed E-state index contributed by atoms with van der Waals surface area (Å²) in [6.07, 6.45) is -0.732. The van der Waals surface area contributed by atoms with E-state index in [1.54, 1.807) is 17.8 Å². The van der Waals surface area contributed by atoms with Gasteiger partial charge in [0.1, 0.15) is 5.69 Å². The van der Waals surface area contributed by atoms with Gasteiger partial charge < -0.3 is 25.3 Å². The molecular weight excluding hydrogens is 365 g/mol. The summed E-state index contributed by atoms with van der Waals surface area (Å²) in [7, 11) is 1.77. The van der Waals surface area contributed by atoms with E-state index in [9.17, 15) is 22.8 Å². The molecule has 0 saturated carbocycles. The second-order valence-electron chi connectivity index (χ2n) is 5.92. The summed E-state index contributed by atoms with van der Waals surface area (Å²) in [5, 5.41) is 2.32. The van der Waals surface area contributed by atoms with Crippen LogP contribution in [0.1, 0.15) is 0 Å². The van der Waals surface area contributed by atoms with Crippen molar-refractivity contribution < 1.29 is 22.7 Å². The number of aryl methyl sites for hydroxylation is 1. The van der Waals surface area contributed by atoms with E-state index in [1.807, 2.05) is 12.1 Å². The zero-order chi connectivity index (χ0) is 20.0. The number of alkyl halides is 3. The van der Waals surface area contributed by atoms with Gasteiger partial charge in [-0.25, -0.2) is 0 Å². The van der Waals surface area contributed by atoms with E-state index in [0.717, 1.165) is 31.1 Å². The summed E-state index contributed by atoms with van der Waals surface area (Å²) in [5.41, 5.74) is 4.68. The SMILES string of the molecule is Cn1cccc(N2CCOCC2)c1=O.NC(=O)C1=CNCC(C(F)(F)F)=C1. The third-order valence-electron chi connectivity index (χ3n) is 3.98. The summed E-state index contributed by atoms with van der Waals surface area (Å²) in [6.45, 7) is 2.69. The Morgan fingerprint density at radius 3 is 2.56 bits per heavy atom. The topological polar surface area (TPSA) is 89.6 Å². The zero-order valence-corrected chi connectivity index (χ0v) is 14.8. The predicted octanol–water partition coefficient (Wildman–Crippen LogP) is 0.669. The van der Waals surface area contributed by atoms with E-state index in [-0.39, 0.29) is 17.7 Å². The number of aromatic nitrogens is 1. The van der Waals surface area contributed by atoms with Crippen LogP contribution in [-0.2, 0) is 16.6 Å². The molecule has 148 valence electrons. The second kappa shape index (κ2) is 8.76. The number of ether oxygens (including phenoxy) is 1. The minimum absolute atomic E-state index is 0.0643. The van der Waals surface area contributed by atoms with Gasteiger partial charge in [0.15, 0.2) is 0 Å². The molecule has 0 spiro atoms. The van der Waals surface area contributed by atoms with E-state index in [1.165, 1.54) is 0 Å². The molecule has 3 N–H and O–H groups in total. The van der Waals surface area contributed by atoms with Crippen molar-refractivity contribution in [3.05, 3.63) is 52.1 Å². The summed E-state index contributed by atoms with van der Waals surface area (Å²) >= 11 is 0. The fourth-order valence-corrected chi connectivity index (χ4v) is 2.50. The predicted molar refractivity (Wildman–Crippen MR) is 94.1 cm³/mol. The first kappa shape index (κ1) is 20.6. The van der Waals surface area contributed by atoms with Crippen LogP contribution in [0.15, 0.2) is 46.5 Å². The largest absolute Gasteiger partial charge is 0.414 e. The summed E-state index contributed by atoms with van der Waals surface area (Å²) in [6, 6.07) is 3.76. The molecule has 1 aromatic heterocycles. The molecule has 27 heavy (non-hydrogen) atoms. The monoisotopic (exact) mass is 386 g/mol. The Morgan fingerprint density at radius 2 is 1.96 bits per heavy atom. The van der Waals surface area contributed by atoms with E-state index >= 15 is 0 Å². The van der Waals surface area contributed by atoms with Crippen molar-refractivity contribution in [2.24, 2.45) is 12.8 Å². The van der Waals surface area contributed by atoms with Gasteiger partial charge in [0, 0.05) is 39.1 Å². The maximum Gasteiger partial charge on any atom is 0.414 e. The fraction of sp³-hybridized carbons (Fsp3) is 0.412. The number of amides is 1. The minimum Gasteiger partial charge on any atom is -0.386 e. The Labute approximate surface area is 153 Å². The molecule has 3 heterocycles. The van der Waals surface area contributed by atoms with Crippen LogP contribution in [0.2, 0.25) is 0 Å². The van der Waals surface area contributed by atoms with E-state index in [2.05, 4.69) is 10.2 Å².